The lowest BCUT2D eigenvalue weighted by Gasteiger charge is -2.23. The van der Waals surface area contributed by atoms with Crippen molar-refractivity contribution in [3.05, 3.63) is 59.1 Å². The molecular formula is C17H17ClN2O3S. The fourth-order valence-corrected chi connectivity index (χ4v) is 3.28. The summed E-state index contributed by atoms with van der Waals surface area (Å²) in [5.41, 5.74) is 1.65. The number of halogens is 1. The first-order valence-corrected chi connectivity index (χ1v) is 9.78. The van der Waals surface area contributed by atoms with Gasteiger partial charge in [0.1, 0.15) is 0 Å². The normalized spacial score (nSPS) is 14.2. The standard InChI is InChI=1S/C17H17ClN2O3S/c1-24(22,23)19-12-6-8-13(9-7-12)20(14-10-11-14)17(21)15-4-2-3-5-16(15)18/h2-9,14,19H,10-11H2,1H3. The molecule has 0 aromatic heterocycles. The second-order valence-corrected chi connectivity index (χ2v) is 7.96. The van der Waals surface area contributed by atoms with E-state index in [-0.39, 0.29) is 11.9 Å². The molecule has 0 bridgehead atoms. The van der Waals surface area contributed by atoms with Gasteiger partial charge in [-0.25, -0.2) is 8.42 Å². The molecule has 7 heteroatoms. The first-order valence-electron chi connectivity index (χ1n) is 7.51. The maximum absolute atomic E-state index is 12.9. The summed E-state index contributed by atoms with van der Waals surface area (Å²) in [6.45, 7) is 0. The summed E-state index contributed by atoms with van der Waals surface area (Å²) >= 11 is 6.15. The second-order valence-electron chi connectivity index (χ2n) is 5.81. The van der Waals surface area contributed by atoms with Gasteiger partial charge in [0.25, 0.3) is 5.91 Å². The molecule has 2 aromatic carbocycles. The van der Waals surface area contributed by atoms with Crippen LogP contribution in [0.3, 0.4) is 0 Å². The maximum atomic E-state index is 12.9. The quantitative estimate of drug-likeness (QED) is 0.882. The molecule has 1 saturated carbocycles. The van der Waals surface area contributed by atoms with E-state index in [1.807, 2.05) is 0 Å². The van der Waals surface area contributed by atoms with Gasteiger partial charge in [-0.2, -0.15) is 0 Å². The molecule has 1 N–H and O–H groups in total. The van der Waals surface area contributed by atoms with Crippen LogP contribution in [0.1, 0.15) is 23.2 Å². The van der Waals surface area contributed by atoms with E-state index in [4.69, 9.17) is 11.6 Å². The average molecular weight is 365 g/mol. The Kier molecular flexibility index (Phi) is 4.51. The SMILES string of the molecule is CS(=O)(=O)Nc1ccc(N(C(=O)c2ccccc2Cl)C2CC2)cc1. The Morgan fingerprint density at radius 1 is 1.12 bits per heavy atom. The largest absolute Gasteiger partial charge is 0.305 e. The highest BCUT2D eigenvalue weighted by Gasteiger charge is 2.34. The first-order chi connectivity index (χ1) is 11.3. The van der Waals surface area contributed by atoms with Crippen molar-refractivity contribution in [2.75, 3.05) is 15.9 Å². The zero-order valence-corrected chi connectivity index (χ0v) is 14.6. The number of hydrogen-bond acceptors (Lipinski definition) is 3. The fraction of sp³-hybridized carbons (Fsp3) is 0.235. The smallest absolute Gasteiger partial charge is 0.260 e. The van der Waals surface area contributed by atoms with Crippen LogP contribution >= 0.6 is 11.6 Å². The van der Waals surface area contributed by atoms with Crippen LogP contribution in [0.15, 0.2) is 48.5 Å². The third-order valence-electron chi connectivity index (χ3n) is 3.68. The number of carbonyl (C=O) groups is 1. The van der Waals surface area contributed by atoms with E-state index in [0.717, 1.165) is 24.8 Å². The highest BCUT2D eigenvalue weighted by molar-refractivity contribution is 7.92. The molecule has 3 rings (SSSR count). The van der Waals surface area contributed by atoms with Gasteiger partial charge in [0.2, 0.25) is 10.0 Å². The maximum Gasteiger partial charge on any atom is 0.260 e. The Morgan fingerprint density at radius 2 is 1.75 bits per heavy atom. The molecule has 24 heavy (non-hydrogen) atoms. The van der Waals surface area contributed by atoms with Crippen molar-refractivity contribution < 1.29 is 13.2 Å². The van der Waals surface area contributed by atoms with Gasteiger partial charge in [0.15, 0.2) is 0 Å². The first kappa shape index (κ1) is 16.8. The number of benzene rings is 2. The summed E-state index contributed by atoms with van der Waals surface area (Å²) < 4.78 is 25.0. The molecule has 0 saturated heterocycles. The van der Waals surface area contributed by atoms with Gasteiger partial charge in [-0.1, -0.05) is 23.7 Å². The molecule has 126 valence electrons. The van der Waals surface area contributed by atoms with Crippen molar-refractivity contribution in [1.29, 1.82) is 0 Å². The Morgan fingerprint density at radius 3 is 2.29 bits per heavy atom. The number of amides is 1. The molecule has 0 heterocycles. The van der Waals surface area contributed by atoms with Crippen molar-refractivity contribution >= 4 is 38.9 Å². The monoisotopic (exact) mass is 364 g/mol. The number of hydrogen-bond donors (Lipinski definition) is 1. The van der Waals surface area contributed by atoms with E-state index in [9.17, 15) is 13.2 Å². The number of nitrogens with one attached hydrogen (secondary N) is 1. The average Bonchev–Trinajstić information content (AvgIpc) is 3.33. The summed E-state index contributed by atoms with van der Waals surface area (Å²) in [7, 11) is -3.33. The Balaban J connectivity index is 1.89. The lowest BCUT2D eigenvalue weighted by Crippen LogP contribution is -2.33. The topological polar surface area (TPSA) is 66.5 Å². The van der Waals surface area contributed by atoms with E-state index < -0.39 is 10.0 Å². The van der Waals surface area contributed by atoms with E-state index in [0.29, 0.717) is 16.3 Å². The third kappa shape index (κ3) is 3.88. The van der Waals surface area contributed by atoms with Crippen molar-refractivity contribution in [3.63, 3.8) is 0 Å². The summed E-state index contributed by atoms with van der Waals surface area (Å²) in [5.74, 6) is -0.146. The van der Waals surface area contributed by atoms with Crippen molar-refractivity contribution in [2.24, 2.45) is 0 Å². The van der Waals surface area contributed by atoms with Gasteiger partial charge in [-0.15, -0.1) is 0 Å². The predicted octanol–water partition coefficient (Wildman–Crippen LogP) is 3.52. The lowest BCUT2D eigenvalue weighted by molar-refractivity contribution is 0.0985. The van der Waals surface area contributed by atoms with Crippen LogP contribution in [0.5, 0.6) is 0 Å². The molecule has 2 aromatic rings. The number of sulfonamides is 1. The summed E-state index contributed by atoms with van der Waals surface area (Å²) in [4.78, 5) is 14.6. The second kappa shape index (κ2) is 6.45. The Hall–Kier alpha value is -2.05. The van der Waals surface area contributed by atoms with Crippen LogP contribution in [0.2, 0.25) is 5.02 Å². The van der Waals surface area contributed by atoms with Gasteiger partial charge in [-0.3, -0.25) is 9.52 Å². The Bertz CT molecular complexity index is 862. The molecule has 1 aliphatic carbocycles. The lowest BCUT2D eigenvalue weighted by atomic mass is 10.1. The van der Waals surface area contributed by atoms with E-state index in [1.54, 1.807) is 53.4 Å². The molecule has 0 unspecified atom stereocenters. The van der Waals surface area contributed by atoms with Gasteiger partial charge in [0.05, 0.1) is 16.8 Å². The van der Waals surface area contributed by atoms with Crippen molar-refractivity contribution in [2.45, 2.75) is 18.9 Å². The fourth-order valence-electron chi connectivity index (χ4n) is 2.50. The molecule has 0 atom stereocenters. The zero-order valence-electron chi connectivity index (χ0n) is 13.1. The molecular weight excluding hydrogens is 348 g/mol. The van der Waals surface area contributed by atoms with Crippen molar-refractivity contribution in [1.82, 2.24) is 0 Å². The highest BCUT2D eigenvalue weighted by atomic mass is 35.5. The van der Waals surface area contributed by atoms with Crippen molar-refractivity contribution in [3.8, 4) is 0 Å². The van der Waals surface area contributed by atoms with Crippen LogP contribution in [0.25, 0.3) is 0 Å². The third-order valence-corrected chi connectivity index (χ3v) is 4.62. The van der Waals surface area contributed by atoms with Gasteiger partial charge >= 0.3 is 0 Å². The molecule has 0 aliphatic heterocycles. The summed E-state index contributed by atoms with van der Waals surface area (Å²) in [6.07, 6.45) is 2.98. The molecule has 1 amide bonds. The van der Waals surface area contributed by atoms with E-state index >= 15 is 0 Å². The number of rotatable bonds is 5. The van der Waals surface area contributed by atoms with Crippen LogP contribution < -0.4 is 9.62 Å². The number of nitrogens with zero attached hydrogens (tertiary/aromatic N) is 1. The number of carbonyl (C=O) groups excluding carboxylic acids is 1. The summed E-state index contributed by atoms with van der Waals surface area (Å²) in [5, 5.41) is 0.420. The molecule has 1 aliphatic rings. The summed E-state index contributed by atoms with van der Waals surface area (Å²) in [6, 6.07) is 13.9. The van der Waals surface area contributed by atoms with E-state index in [1.165, 1.54) is 0 Å². The van der Waals surface area contributed by atoms with Crippen LogP contribution in [0.4, 0.5) is 11.4 Å². The minimum atomic E-state index is -3.33. The van der Waals surface area contributed by atoms with Gasteiger partial charge in [0, 0.05) is 17.4 Å². The highest BCUT2D eigenvalue weighted by Crippen LogP contribution is 2.34. The molecule has 5 nitrogen and oxygen atoms in total. The predicted molar refractivity (Wildman–Crippen MR) is 96.2 cm³/mol. The van der Waals surface area contributed by atoms with Gasteiger partial charge in [-0.05, 0) is 49.2 Å². The Labute approximate surface area is 146 Å². The van der Waals surface area contributed by atoms with E-state index in [2.05, 4.69) is 4.72 Å². The minimum absolute atomic E-state index is 0.146. The molecule has 0 radical (unpaired) electrons. The van der Waals surface area contributed by atoms with Crippen LogP contribution in [0, 0.1) is 0 Å². The van der Waals surface area contributed by atoms with Gasteiger partial charge < -0.3 is 4.90 Å². The number of anilines is 2. The molecule has 1 fully saturated rings. The zero-order chi connectivity index (χ0) is 17.3. The van der Waals surface area contributed by atoms with Crippen LogP contribution in [-0.2, 0) is 10.0 Å². The minimum Gasteiger partial charge on any atom is -0.305 e. The molecule has 0 spiro atoms. The van der Waals surface area contributed by atoms with Crippen LogP contribution in [-0.4, -0.2) is 26.6 Å².